The zero-order chi connectivity index (χ0) is 27.7. The molecule has 2 aliphatic rings. The van der Waals surface area contributed by atoms with Gasteiger partial charge in [0, 0.05) is 74.8 Å². The van der Waals surface area contributed by atoms with Gasteiger partial charge in [-0.1, -0.05) is 42.5 Å². The van der Waals surface area contributed by atoms with E-state index in [0.29, 0.717) is 23.4 Å². The molecule has 2 saturated heterocycles. The highest BCUT2D eigenvalue weighted by atomic mass is 79.9. The summed E-state index contributed by atoms with van der Waals surface area (Å²) in [7, 11) is 0. The van der Waals surface area contributed by atoms with E-state index < -0.39 is 0 Å². The number of nitrogens with zero attached hydrogens (tertiary/aromatic N) is 3. The van der Waals surface area contributed by atoms with Crippen LogP contribution in [-0.2, 0) is 11.3 Å². The van der Waals surface area contributed by atoms with Gasteiger partial charge in [-0.25, -0.2) is 0 Å². The summed E-state index contributed by atoms with van der Waals surface area (Å²) in [5.41, 5.74) is 3.90. The third-order valence-electron chi connectivity index (χ3n) is 7.40. The monoisotopic (exact) mass is 605 g/mol. The van der Waals surface area contributed by atoms with E-state index in [9.17, 15) is 9.59 Å². The zero-order valence-electron chi connectivity index (χ0n) is 22.7. The molecule has 3 aromatic carbocycles. The van der Waals surface area contributed by atoms with Gasteiger partial charge in [-0.3, -0.25) is 19.4 Å². The van der Waals surface area contributed by atoms with Crippen LogP contribution < -0.4 is 15.5 Å². The van der Waals surface area contributed by atoms with Crippen molar-refractivity contribution in [1.29, 1.82) is 0 Å². The van der Waals surface area contributed by atoms with Crippen molar-refractivity contribution in [2.75, 3.05) is 75.8 Å². The van der Waals surface area contributed by atoms with Gasteiger partial charge < -0.3 is 20.3 Å². The van der Waals surface area contributed by atoms with Crippen molar-refractivity contribution in [2.24, 2.45) is 0 Å². The van der Waals surface area contributed by atoms with Crippen LogP contribution in [0.3, 0.4) is 0 Å². The van der Waals surface area contributed by atoms with Crippen molar-refractivity contribution in [1.82, 2.24) is 15.1 Å². The average molecular weight is 607 g/mol. The number of rotatable bonds is 9. The van der Waals surface area contributed by atoms with Crippen LogP contribution in [0.2, 0.25) is 0 Å². The van der Waals surface area contributed by atoms with Crippen LogP contribution in [0.5, 0.6) is 0 Å². The molecule has 2 amide bonds. The highest BCUT2D eigenvalue weighted by Gasteiger charge is 2.23. The number of anilines is 2. The molecule has 0 saturated carbocycles. The molecule has 210 valence electrons. The zero-order valence-corrected chi connectivity index (χ0v) is 24.2. The molecular weight excluding hydrogens is 570 g/mol. The fourth-order valence-electron chi connectivity index (χ4n) is 5.15. The second kappa shape index (κ2) is 13.9. The Morgan fingerprint density at radius 1 is 0.775 bits per heavy atom. The fraction of sp³-hybridized carbons (Fsp3) is 0.355. The summed E-state index contributed by atoms with van der Waals surface area (Å²) in [5, 5.41) is 6.08. The van der Waals surface area contributed by atoms with Crippen molar-refractivity contribution < 1.29 is 14.3 Å². The second-order valence-corrected chi connectivity index (χ2v) is 11.0. The molecule has 5 rings (SSSR count). The van der Waals surface area contributed by atoms with E-state index in [2.05, 4.69) is 65.5 Å². The Bertz CT molecular complexity index is 1290. The third kappa shape index (κ3) is 7.48. The van der Waals surface area contributed by atoms with Crippen molar-refractivity contribution in [2.45, 2.75) is 6.54 Å². The molecule has 2 aliphatic heterocycles. The number of benzene rings is 3. The number of piperazine rings is 1. The number of nitrogens with one attached hydrogen (secondary N) is 2. The van der Waals surface area contributed by atoms with E-state index >= 15 is 0 Å². The lowest BCUT2D eigenvalue weighted by Gasteiger charge is -2.37. The largest absolute Gasteiger partial charge is 0.379 e. The molecule has 0 unspecified atom stereocenters. The standard InChI is InChI=1S/C31H36BrN5O3/c32-28-9-5-4-8-26(28)31(39)34-25-10-11-29(27(22-25)30(38)33-12-13-35-18-20-40-21-19-35)37-16-14-36(15-17-37)23-24-6-2-1-3-7-24/h1-11,22H,12-21,23H2,(H,33,38)(H,34,39). The summed E-state index contributed by atoms with van der Waals surface area (Å²) in [4.78, 5) is 33.5. The molecule has 2 N–H and O–H groups in total. The Kier molecular flexibility index (Phi) is 9.83. The Hall–Kier alpha value is -3.24. The highest BCUT2D eigenvalue weighted by molar-refractivity contribution is 9.10. The number of hydrogen-bond donors (Lipinski definition) is 2. The van der Waals surface area contributed by atoms with Gasteiger partial charge in [0.1, 0.15) is 0 Å². The Morgan fingerprint density at radius 2 is 1.50 bits per heavy atom. The molecule has 2 heterocycles. The molecule has 0 radical (unpaired) electrons. The predicted octanol–water partition coefficient (Wildman–Crippen LogP) is 4.09. The maximum absolute atomic E-state index is 13.5. The first-order valence-electron chi connectivity index (χ1n) is 13.9. The van der Waals surface area contributed by atoms with E-state index in [1.54, 1.807) is 12.1 Å². The summed E-state index contributed by atoms with van der Waals surface area (Å²) in [5.74, 6) is -0.361. The molecular formula is C31H36BrN5O3. The predicted molar refractivity (Wildman–Crippen MR) is 162 cm³/mol. The summed E-state index contributed by atoms with van der Waals surface area (Å²) >= 11 is 3.45. The smallest absolute Gasteiger partial charge is 0.256 e. The number of halogens is 1. The van der Waals surface area contributed by atoms with Crippen molar-refractivity contribution >= 4 is 39.1 Å². The molecule has 9 heteroatoms. The molecule has 8 nitrogen and oxygen atoms in total. The number of carbonyl (C=O) groups excluding carboxylic acids is 2. The quantitative estimate of drug-likeness (QED) is 0.383. The van der Waals surface area contributed by atoms with E-state index in [-0.39, 0.29) is 11.8 Å². The van der Waals surface area contributed by atoms with E-state index in [4.69, 9.17) is 4.74 Å². The van der Waals surface area contributed by atoms with Crippen LogP contribution in [0, 0.1) is 0 Å². The van der Waals surface area contributed by atoms with E-state index in [1.165, 1.54) is 5.56 Å². The molecule has 0 spiro atoms. The third-order valence-corrected chi connectivity index (χ3v) is 8.09. The lowest BCUT2D eigenvalue weighted by molar-refractivity contribution is 0.0383. The Labute approximate surface area is 244 Å². The average Bonchev–Trinajstić information content (AvgIpc) is 2.99. The van der Waals surface area contributed by atoms with Crippen LogP contribution in [0.15, 0.2) is 77.3 Å². The SMILES string of the molecule is O=C(Nc1ccc(N2CCN(Cc3ccccc3)CC2)c(C(=O)NCCN2CCOCC2)c1)c1ccccc1Br. The molecule has 0 aliphatic carbocycles. The summed E-state index contributed by atoms with van der Waals surface area (Å²) in [6.45, 7) is 8.94. The van der Waals surface area contributed by atoms with Gasteiger partial charge in [0.25, 0.3) is 11.8 Å². The summed E-state index contributed by atoms with van der Waals surface area (Å²) in [6, 6.07) is 23.4. The summed E-state index contributed by atoms with van der Waals surface area (Å²) < 4.78 is 6.15. The maximum Gasteiger partial charge on any atom is 0.256 e. The topological polar surface area (TPSA) is 77.2 Å². The van der Waals surface area contributed by atoms with E-state index in [1.807, 2.05) is 36.4 Å². The molecule has 0 bridgehead atoms. The minimum Gasteiger partial charge on any atom is -0.379 e. The van der Waals surface area contributed by atoms with Crippen LogP contribution in [0.1, 0.15) is 26.3 Å². The van der Waals surface area contributed by atoms with Gasteiger partial charge in [0.2, 0.25) is 0 Å². The number of ether oxygens (including phenoxy) is 1. The van der Waals surface area contributed by atoms with Gasteiger partial charge in [-0.05, 0) is 51.8 Å². The van der Waals surface area contributed by atoms with Crippen molar-refractivity contribution in [3.8, 4) is 0 Å². The van der Waals surface area contributed by atoms with Crippen LogP contribution in [0.4, 0.5) is 11.4 Å². The van der Waals surface area contributed by atoms with Crippen LogP contribution >= 0.6 is 15.9 Å². The molecule has 0 atom stereocenters. The first-order valence-corrected chi connectivity index (χ1v) is 14.7. The summed E-state index contributed by atoms with van der Waals surface area (Å²) in [6.07, 6.45) is 0. The first-order chi connectivity index (χ1) is 19.6. The Morgan fingerprint density at radius 3 is 2.25 bits per heavy atom. The maximum atomic E-state index is 13.5. The molecule has 3 aromatic rings. The van der Waals surface area contributed by atoms with Gasteiger partial charge >= 0.3 is 0 Å². The van der Waals surface area contributed by atoms with Crippen molar-refractivity contribution in [3.05, 3.63) is 94.0 Å². The Balaban J connectivity index is 1.29. The molecule has 40 heavy (non-hydrogen) atoms. The van der Waals surface area contributed by atoms with Gasteiger partial charge in [0.05, 0.1) is 24.3 Å². The van der Waals surface area contributed by atoms with Crippen LogP contribution in [0.25, 0.3) is 0 Å². The normalized spacial score (nSPS) is 16.5. The molecule has 0 aromatic heterocycles. The minimum atomic E-state index is -0.228. The number of morpholine rings is 1. The lowest BCUT2D eigenvalue weighted by Crippen LogP contribution is -2.46. The van der Waals surface area contributed by atoms with Gasteiger partial charge in [-0.15, -0.1) is 0 Å². The van der Waals surface area contributed by atoms with Crippen LogP contribution in [-0.4, -0.2) is 87.2 Å². The number of carbonyl (C=O) groups is 2. The lowest BCUT2D eigenvalue weighted by atomic mass is 10.1. The second-order valence-electron chi connectivity index (χ2n) is 10.1. The molecule has 2 fully saturated rings. The highest BCUT2D eigenvalue weighted by Crippen LogP contribution is 2.27. The van der Waals surface area contributed by atoms with E-state index in [0.717, 1.165) is 75.7 Å². The van der Waals surface area contributed by atoms with Crippen molar-refractivity contribution in [3.63, 3.8) is 0 Å². The van der Waals surface area contributed by atoms with Gasteiger partial charge in [0.15, 0.2) is 0 Å². The number of hydrogen-bond acceptors (Lipinski definition) is 6. The number of amides is 2. The first kappa shape index (κ1) is 28.3. The van der Waals surface area contributed by atoms with Gasteiger partial charge in [-0.2, -0.15) is 0 Å². The minimum absolute atomic E-state index is 0.132. The fourth-order valence-corrected chi connectivity index (χ4v) is 5.62.